The first kappa shape index (κ1) is 13.6. The molecule has 0 radical (unpaired) electrons. The van der Waals surface area contributed by atoms with Gasteiger partial charge in [0.05, 0.1) is 0 Å². The van der Waals surface area contributed by atoms with Crippen molar-refractivity contribution in [3.8, 4) is 0 Å². The van der Waals surface area contributed by atoms with Crippen molar-refractivity contribution in [1.82, 2.24) is 4.90 Å². The van der Waals surface area contributed by atoms with Crippen LogP contribution in [0.2, 0.25) is 0 Å². The van der Waals surface area contributed by atoms with Gasteiger partial charge in [-0.25, -0.2) is 0 Å². The topological polar surface area (TPSA) is 3.24 Å². The summed E-state index contributed by atoms with van der Waals surface area (Å²) in [4.78, 5) is 2.29. The van der Waals surface area contributed by atoms with Gasteiger partial charge in [-0.3, -0.25) is 0 Å². The number of rotatable bonds is 4. The molecule has 0 saturated heterocycles. The minimum Gasteiger partial charge on any atom is -0.301 e. The average molecular weight is 237 g/mol. The second-order valence-electron chi connectivity index (χ2n) is 5.41. The van der Waals surface area contributed by atoms with Crippen molar-refractivity contribution < 1.29 is 0 Å². The second kappa shape index (κ2) is 5.74. The van der Waals surface area contributed by atoms with Gasteiger partial charge in [-0.1, -0.05) is 45.0 Å². The first-order valence-electron chi connectivity index (χ1n) is 5.82. The Bertz CT molecular complexity index is 311. The minimum atomic E-state index is 0.246. The van der Waals surface area contributed by atoms with E-state index in [4.69, 9.17) is 0 Å². The summed E-state index contributed by atoms with van der Waals surface area (Å²) in [5.74, 6) is 0.913. The van der Waals surface area contributed by atoms with E-state index in [1.54, 1.807) is 0 Å². The van der Waals surface area contributed by atoms with Crippen molar-refractivity contribution >= 4 is 12.6 Å². The number of benzene rings is 1. The van der Waals surface area contributed by atoms with Gasteiger partial charge in [0.1, 0.15) is 0 Å². The zero-order chi connectivity index (χ0) is 12.2. The molecule has 1 aromatic carbocycles. The highest BCUT2D eigenvalue weighted by Crippen LogP contribution is 2.22. The van der Waals surface area contributed by atoms with Gasteiger partial charge in [0.15, 0.2) is 0 Å². The second-order valence-corrected chi connectivity index (χ2v) is 5.86. The van der Waals surface area contributed by atoms with Crippen LogP contribution in [0.15, 0.2) is 24.3 Å². The number of hydrogen-bond donors (Lipinski definition) is 1. The molecule has 0 aliphatic heterocycles. The van der Waals surface area contributed by atoms with Gasteiger partial charge in [-0.2, -0.15) is 12.6 Å². The number of thiol groups is 1. The van der Waals surface area contributed by atoms with Crippen LogP contribution in [0.5, 0.6) is 0 Å². The lowest BCUT2D eigenvalue weighted by Crippen LogP contribution is -2.20. The van der Waals surface area contributed by atoms with Crippen LogP contribution in [0.25, 0.3) is 0 Å². The third kappa shape index (κ3) is 4.18. The molecule has 0 spiro atoms. The highest BCUT2D eigenvalue weighted by atomic mass is 32.1. The molecule has 1 aromatic rings. The van der Waals surface area contributed by atoms with Crippen LogP contribution in [0, 0.1) is 0 Å². The summed E-state index contributed by atoms with van der Waals surface area (Å²) < 4.78 is 0. The molecule has 0 N–H and O–H groups in total. The van der Waals surface area contributed by atoms with Crippen molar-refractivity contribution in [2.75, 3.05) is 19.3 Å². The van der Waals surface area contributed by atoms with E-state index in [0.717, 1.165) is 18.8 Å². The SMILES string of the molecule is CN(CCS)Cc1ccc(C(C)(C)C)cc1. The fourth-order valence-electron chi connectivity index (χ4n) is 1.67. The average Bonchev–Trinajstić information content (AvgIpc) is 2.17. The molecule has 16 heavy (non-hydrogen) atoms. The molecule has 1 rings (SSSR count). The lowest BCUT2D eigenvalue weighted by molar-refractivity contribution is 0.349. The Kier molecular flexibility index (Phi) is 4.88. The molecule has 0 fully saturated rings. The molecule has 0 saturated carbocycles. The third-order valence-corrected chi connectivity index (χ3v) is 2.95. The van der Waals surface area contributed by atoms with Gasteiger partial charge in [0.2, 0.25) is 0 Å². The lowest BCUT2D eigenvalue weighted by Gasteiger charge is -2.20. The predicted molar refractivity (Wildman–Crippen MR) is 75.3 cm³/mol. The molecular formula is C14H23NS. The van der Waals surface area contributed by atoms with E-state index in [2.05, 4.69) is 69.6 Å². The van der Waals surface area contributed by atoms with Crippen LogP contribution in [0.3, 0.4) is 0 Å². The Morgan fingerprint density at radius 3 is 2.12 bits per heavy atom. The largest absolute Gasteiger partial charge is 0.301 e. The Labute approximate surface area is 105 Å². The standard InChI is InChI=1S/C14H23NS/c1-14(2,3)13-7-5-12(6-8-13)11-15(4)9-10-16/h5-8,16H,9-11H2,1-4H3. The van der Waals surface area contributed by atoms with Gasteiger partial charge in [-0.15, -0.1) is 0 Å². The maximum absolute atomic E-state index is 4.24. The zero-order valence-corrected chi connectivity index (χ0v) is 11.7. The van der Waals surface area contributed by atoms with Crippen molar-refractivity contribution in [1.29, 1.82) is 0 Å². The summed E-state index contributed by atoms with van der Waals surface area (Å²) in [6.45, 7) is 8.77. The normalized spacial score (nSPS) is 12.1. The Morgan fingerprint density at radius 2 is 1.69 bits per heavy atom. The van der Waals surface area contributed by atoms with Crippen LogP contribution in [-0.2, 0) is 12.0 Å². The number of hydrogen-bond acceptors (Lipinski definition) is 2. The van der Waals surface area contributed by atoms with Crippen LogP contribution in [0.1, 0.15) is 31.9 Å². The molecule has 90 valence electrons. The van der Waals surface area contributed by atoms with E-state index >= 15 is 0 Å². The molecule has 0 aliphatic rings. The fourth-order valence-corrected chi connectivity index (χ4v) is 2.01. The maximum atomic E-state index is 4.24. The smallest absolute Gasteiger partial charge is 0.0231 e. The molecule has 0 amide bonds. The first-order valence-corrected chi connectivity index (χ1v) is 6.45. The molecule has 1 nitrogen and oxygen atoms in total. The number of nitrogens with zero attached hydrogens (tertiary/aromatic N) is 1. The van der Waals surface area contributed by atoms with E-state index in [9.17, 15) is 0 Å². The Hall–Kier alpha value is -0.470. The van der Waals surface area contributed by atoms with Gasteiger partial charge >= 0.3 is 0 Å². The van der Waals surface area contributed by atoms with Crippen molar-refractivity contribution in [2.24, 2.45) is 0 Å². The summed E-state index contributed by atoms with van der Waals surface area (Å²) in [6, 6.07) is 8.94. The Balaban J connectivity index is 2.65. The molecule has 0 atom stereocenters. The minimum absolute atomic E-state index is 0.246. The molecule has 0 heterocycles. The molecular weight excluding hydrogens is 214 g/mol. The van der Waals surface area contributed by atoms with Gasteiger partial charge in [-0.05, 0) is 23.6 Å². The van der Waals surface area contributed by atoms with Gasteiger partial charge in [0, 0.05) is 18.8 Å². The third-order valence-electron chi connectivity index (χ3n) is 2.75. The van der Waals surface area contributed by atoms with Crippen LogP contribution < -0.4 is 0 Å². The monoisotopic (exact) mass is 237 g/mol. The highest BCUT2D eigenvalue weighted by molar-refractivity contribution is 7.80. The summed E-state index contributed by atoms with van der Waals surface area (Å²) in [5, 5.41) is 0. The van der Waals surface area contributed by atoms with E-state index in [1.807, 2.05) is 0 Å². The van der Waals surface area contributed by atoms with E-state index < -0.39 is 0 Å². The van der Waals surface area contributed by atoms with Crippen molar-refractivity contribution in [3.63, 3.8) is 0 Å². The van der Waals surface area contributed by atoms with Crippen molar-refractivity contribution in [3.05, 3.63) is 35.4 Å². The fraction of sp³-hybridized carbons (Fsp3) is 0.571. The lowest BCUT2D eigenvalue weighted by atomic mass is 9.87. The molecule has 0 unspecified atom stereocenters. The quantitative estimate of drug-likeness (QED) is 0.786. The summed E-state index contributed by atoms with van der Waals surface area (Å²) in [5.41, 5.74) is 3.01. The summed E-state index contributed by atoms with van der Waals surface area (Å²) in [6.07, 6.45) is 0. The van der Waals surface area contributed by atoms with Crippen LogP contribution in [0.4, 0.5) is 0 Å². The molecule has 0 aromatic heterocycles. The molecule has 2 heteroatoms. The molecule has 0 aliphatic carbocycles. The predicted octanol–water partition coefficient (Wildman–Crippen LogP) is 3.35. The van der Waals surface area contributed by atoms with E-state index in [-0.39, 0.29) is 5.41 Å². The molecule has 0 bridgehead atoms. The Morgan fingerprint density at radius 1 is 1.12 bits per heavy atom. The summed E-state index contributed by atoms with van der Waals surface area (Å²) in [7, 11) is 2.13. The highest BCUT2D eigenvalue weighted by Gasteiger charge is 2.12. The van der Waals surface area contributed by atoms with Gasteiger partial charge < -0.3 is 4.90 Å². The zero-order valence-electron chi connectivity index (χ0n) is 10.8. The first-order chi connectivity index (χ1) is 7.43. The summed E-state index contributed by atoms with van der Waals surface area (Å²) >= 11 is 4.24. The van der Waals surface area contributed by atoms with E-state index in [0.29, 0.717) is 0 Å². The van der Waals surface area contributed by atoms with E-state index in [1.165, 1.54) is 11.1 Å². The van der Waals surface area contributed by atoms with Gasteiger partial charge in [0.25, 0.3) is 0 Å². The van der Waals surface area contributed by atoms with Crippen LogP contribution >= 0.6 is 12.6 Å². The van der Waals surface area contributed by atoms with Crippen LogP contribution in [-0.4, -0.2) is 24.2 Å². The van der Waals surface area contributed by atoms with Crippen molar-refractivity contribution in [2.45, 2.75) is 32.7 Å². The maximum Gasteiger partial charge on any atom is 0.0231 e.